The lowest BCUT2D eigenvalue weighted by atomic mass is 10.2. The van der Waals surface area contributed by atoms with Crippen LogP contribution in [0.3, 0.4) is 0 Å². The number of carbonyl (C=O) groups is 2. The van der Waals surface area contributed by atoms with Gasteiger partial charge in [0, 0.05) is 6.54 Å². The number of likely N-dealkylation sites (tertiary alicyclic amines) is 1. The summed E-state index contributed by atoms with van der Waals surface area (Å²) in [7, 11) is 1.95. The first-order valence-corrected chi connectivity index (χ1v) is 6.41. The normalized spacial score (nSPS) is 24.6. The van der Waals surface area contributed by atoms with Gasteiger partial charge >= 0.3 is 0 Å². The van der Waals surface area contributed by atoms with Crippen molar-refractivity contribution in [2.24, 2.45) is 5.92 Å². The van der Waals surface area contributed by atoms with E-state index in [0.717, 1.165) is 25.9 Å². The molecule has 1 saturated carbocycles. The highest BCUT2D eigenvalue weighted by Crippen LogP contribution is 2.27. The van der Waals surface area contributed by atoms with Crippen LogP contribution in [0.15, 0.2) is 0 Å². The Bertz CT molecular complexity index is 302. The van der Waals surface area contributed by atoms with Gasteiger partial charge in [-0.1, -0.05) is 0 Å². The summed E-state index contributed by atoms with van der Waals surface area (Å²) in [6, 6.07) is -0.0498. The smallest absolute Gasteiger partial charge is 0.239 e. The Morgan fingerprint density at radius 3 is 2.59 bits per heavy atom. The van der Waals surface area contributed by atoms with Crippen LogP contribution in [0.25, 0.3) is 0 Å². The summed E-state index contributed by atoms with van der Waals surface area (Å²) < 4.78 is 0. The van der Waals surface area contributed by atoms with Gasteiger partial charge in [-0.15, -0.1) is 0 Å². The summed E-state index contributed by atoms with van der Waals surface area (Å²) in [5.74, 6) is 0.577. The Morgan fingerprint density at radius 2 is 2.00 bits per heavy atom. The second-order valence-corrected chi connectivity index (χ2v) is 5.10. The lowest BCUT2D eigenvalue weighted by Gasteiger charge is -2.18. The van der Waals surface area contributed by atoms with Gasteiger partial charge in [0.1, 0.15) is 0 Å². The average molecular weight is 239 g/mol. The first kappa shape index (κ1) is 12.4. The Balaban J connectivity index is 1.62. The molecular weight excluding hydrogens is 218 g/mol. The number of hydrogen-bond donors (Lipinski definition) is 2. The van der Waals surface area contributed by atoms with Gasteiger partial charge in [0.05, 0.1) is 12.6 Å². The van der Waals surface area contributed by atoms with Gasteiger partial charge in [-0.05, 0) is 45.2 Å². The highest BCUT2D eigenvalue weighted by molar-refractivity contribution is 5.87. The molecule has 1 heterocycles. The second kappa shape index (κ2) is 5.49. The molecule has 2 aliphatic rings. The van der Waals surface area contributed by atoms with Gasteiger partial charge < -0.3 is 10.6 Å². The van der Waals surface area contributed by atoms with Crippen LogP contribution in [0.2, 0.25) is 0 Å². The number of nitrogens with one attached hydrogen (secondary N) is 2. The molecule has 1 unspecified atom stereocenters. The van der Waals surface area contributed by atoms with Crippen molar-refractivity contribution in [2.75, 3.05) is 26.7 Å². The molecule has 0 aromatic rings. The van der Waals surface area contributed by atoms with E-state index in [1.807, 2.05) is 11.9 Å². The van der Waals surface area contributed by atoms with Crippen LogP contribution in [0.4, 0.5) is 0 Å². The fourth-order valence-electron chi connectivity index (χ4n) is 2.17. The Morgan fingerprint density at radius 1 is 1.24 bits per heavy atom. The third-order valence-corrected chi connectivity index (χ3v) is 3.53. The molecule has 1 atom stereocenters. The van der Waals surface area contributed by atoms with Crippen LogP contribution in [0, 0.1) is 5.92 Å². The number of nitrogens with zero attached hydrogens (tertiary/aromatic N) is 1. The largest absolute Gasteiger partial charge is 0.354 e. The van der Waals surface area contributed by atoms with E-state index in [9.17, 15) is 9.59 Å². The zero-order valence-electron chi connectivity index (χ0n) is 10.4. The molecule has 0 radical (unpaired) electrons. The van der Waals surface area contributed by atoms with Gasteiger partial charge in [-0.3, -0.25) is 14.5 Å². The van der Waals surface area contributed by atoms with Crippen LogP contribution in [-0.2, 0) is 9.59 Å². The summed E-state index contributed by atoms with van der Waals surface area (Å²) in [6.07, 6.45) is 4.40. The van der Waals surface area contributed by atoms with Crippen molar-refractivity contribution < 1.29 is 9.59 Å². The molecule has 0 bridgehead atoms. The van der Waals surface area contributed by atoms with Crippen LogP contribution in [0.1, 0.15) is 25.7 Å². The molecule has 1 aliphatic carbocycles. The molecule has 5 heteroatoms. The number of carbonyl (C=O) groups excluding carboxylic acids is 2. The first-order chi connectivity index (χ1) is 8.16. The van der Waals surface area contributed by atoms with E-state index < -0.39 is 0 Å². The van der Waals surface area contributed by atoms with Gasteiger partial charge in [0.2, 0.25) is 11.8 Å². The van der Waals surface area contributed by atoms with E-state index in [1.54, 1.807) is 0 Å². The fraction of sp³-hybridized carbons (Fsp3) is 0.833. The Labute approximate surface area is 102 Å². The fourth-order valence-corrected chi connectivity index (χ4v) is 2.17. The van der Waals surface area contributed by atoms with Gasteiger partial charge in [0.25, 0.3) is 0 Å². The number of amides is 2. The van der Waals surface area contributed by atoms with Crippen molar-refractivity contribution in [1.29, 1.82) is 0 Å². The van der Waals surface area contributed by atoms with Crippen LogP contribution in [-0.4, -0.2) is 49.4 Å². The van der Waals surface area contributed by atoms with Crippen molar-refractivity contribution in [3.8, 4) is 0 Å². The molecule has 5 nitrogen and oxygen atoms in total. The molecule has 2 N–H and O–H groups in total. The molecule has 2 fully saturated rings. The van der Waals surface area contributed by atoms with E-state index in [-0.39, 0.29) is 24.4 Å². The quantitative estimate of drug-likeness (QED) is 0.694. The number of hydrogen-bond acceptors (Lipinski definition) is 3. The van der Waals surface area contributed by atoms with Crippen molar-refractivity contribution >= 4 is 11.8 Å². The highest BCUT2D eigenvalue weighted by atomic mass is 16.2. The molecule has 2 rings (SSSR count). The predicted octanol–water partition coefficient (Wildman–Crippen LogP) is -0.277. The topological polar surface area (TPSA) is 61.4 Å². The molecule has 0 spiro atoms. The van der Waals surface area contributed by atoms with Crippen molar-refractivity contribution in [3.05, 3.63) is 0 Å². The summed E-state index contributed by atoms with van der Waals surface area (Å²) in [4.78, 5) is 25.3. The molecule has 0 aromatic carbocycles. The SMILES string of the molecule is CN1CCCC1C(=O)NCC(=O)NCC1CC1. The van der Waals surface area contributed by atoms with E-state index in [4.69, 9.17) is 0 Å². The lowest BCUT2D eigenvalue weighted by molar-refractivity contribution is -0.128. The highest BCUT2D eigenvalue weighted by Gasteiger charge is 2.27. The summed E-state index contributed by atoms with van der Waals surface area (Å²) >= 11 is 0. The van der Waals surface area contributed by atoms with E-state index in [1.165, 1.54) is 12.8 Å². The Hall–Kier alpha value is -1.10. The van der Waals surface area contributed by atoms with Crippen LogP contribution >= 0.6 is 0 Å². The lowest BCUT2D eigenvalue weighted by Crippen LogP contribution is -2.45. The van der Waals surface area contributed by atoms with Crippen molar-refractivity contribution in [2.45, 2.75) is 31.7 Å². The maximum Gasteiger partial charge on any atom is 0.239 e. The third kappa shape index (κ3) is 3.70. The van der Waals surface area contributed by atoms with Crippen molar-refractivity contribution in [1.82, 2.24) is 15.5 Å². The summed E-state index contributed by atoms with van der Waals surface area (Å²) in [5, 5.41) is 5.54. The molecule has 17 heavy (non-hydrogen) atoms. The Kier molecular flexibility index (Phi) is 3.99. The van der Waals surface area contributed by atoms with E-state index >= 15 is 0 Å². The zero-order valence-corrected chi connectivity index (χ0v) is 10.4. The van der Waals surface area contributed by atoms with E-state index in [2.05, 4.69) is 10.6 Å². The predicted molar refractivity (Wildman–Crippen MR) is 64.4 cm³/mol. The zero-order chi connectivity index (χ0) is 12.3. The summed E-state index contributed by atoms with van der Waals surface area (Å²) in [5.41, 5.74) is 0. The van der Waals surface area contributed by atoms with Gasteiger partial charge in [-0.2, -0.15) is 0 Å². The average Bonchev–Trinajstić information content (AvgIpc) is 3.05. The molecular formula is C12H21N3O2. The maximum atomic E-state index is 11.8. The standard InChI is InChI=1S/C12H21N3O2/c1-15-6-2-3-10(15)12(17)14-8-11(16)13-7-9-4-5-9/h9-10H,2-8H2,1H3,(H,13,16)(H,14,17). The number of likely N-dealkylation sites (N-methyl/N-ethyl adjacent to an activating group) is 1. The second-order valence-electron chi connectivity index (χ2n) is 5.10. The first-order valence-electron chi connectivity index (χ1n) is 6.41. The summed E-state index contributed by atoms with van der Waals surface area (Å²) in [6.45, 7) is 1.83. The molecule has 1 saturated heterocycles. The monoisotopic (exact) mass is 239 g/mol. The molecule has 96 valence electrons. The minimum Gasteiger partial charge on any atom is -0.354 e. The minimum atomic E-state index is -0.0779. The molecule has 0 aromatic heterocycles. The molecule has 1 aliphatic heterocycles. The van der Waals surface area contributed by atoms with Gasteiger partial charge in [0.15, 0.2) is 0 Å². The van der Waals surface area contributed by atoms with Crippen LogP contribution in [0.5, 0.6) is 0 Å². The maximum absolute atomic E-state index is 11.8. The van der Waals surface area contributed by atoms with Crippen LogP contribution < -0.4 is 10.6 Å². The molecule has 2 amide bonds. The minimum absolute atomic E-state index is 0.0217. The van der Waals surface area contributed by atoms with E-state index in [0.29, 0.717) is 5.92 Å². The van der Waals surface area contributed by atoms with Crippen molar-refractivity contribution in [3.63, 3.8) is 0 Å². The third-order valence-electron chi connectivity index (χ3n) is 3.53. The van der Waals surface area contributed by atoms with Gasteiger partial charge in [-0.25, -0.2) is 0 Å². The number of rotatable bonds is 5.